The average Bonchev–Trinajstić information content (AvgIpc) is 2.36. The third kappa shape index (κ3) is 5.21. The molecule has 0 fully saturated rings. The van der Waals surface area contributed by atoms with Crippen molar-refractivity contribution in [3.8, 4) is 0 Å². The Morgan fingerprint density at radius 2 is 2.10 bits per heavy atom. The monoisotopic (exact) mass is 277 g/mol. The van der Waals surface area contributed by atoms with Crippen molar-refractivity contribution in [1.29, 1.82) is 0 Å². The van der Waals surface area contributed by atoms with Crippen LogP contribution in [0.5, 0.6) is 0 Å². The van der Waals surface area contributed by atoms with E-state index in [0.717, 1.165) is 25.3 Å². The maximum Gasteiger partial charge on any atom is 0.236 e. The second kappa shape index (κ2) is 7.90. The van der Waals surface area contributed by atoms with Crippen LogP contribution >= 0.6 is 0 Å². The number of amides is 1. The number of nitrogens with two attached hydrogens (primary N) is 1. The van der Waals surface area contributed by atoms with E-state index in [1.807, 2.05) is 11.8 Å². The normalized spacial score (nSPS) is 10.8. The first-order chi connectivity index (χ1) is 9.43. The van der Waals surface area contributed by atoms with Gasteiger partial charge in [0.2, 0.25) is 5.91 Å². The Morgan fingerprint density at radius 3 is 2.60 bits per heavy atom. The molecule has 1 aromatic rings. The number of likely N-dealkylation sites (N-methyl/N-ethyl adjacent to an activating group) is 1. The van der Waals surface area contributed by atoms with Crippen LogP contribution in [0.25, 0.3) is 0 Å². The van der Waals surface area contributed by atoms with Crippen LogP contribution in [-0.4, -0.2) is 25.5 Å². The first-order valence-corrected chi connectivity index (χ1v) is 7.27. The standard InChI is InChI=1S/C16H27N3O/c1-5-19(11-16(17)20)15-7-6-14(8-13(15)4)10-18-9-12(2)3/h6-8,12,18H,5,9-11H2,1-4H3,(H2,17,20). The molecule has 0 aliphatic rings. The number of aryl methyl sites for hydroxylation is 1. The maximum absolute atomic E-state index is 11.1. The molecular weight excluding hydrogens is 250 g/mol. The number of hydrogen-bond donors (Lipinski definition) is 2. The summed E-state index contributed by atoms with van der Waals surface area (Å²) in [7, 11) is 0. The van der Waals surface area contributed by atoms with Gasteiger partial charge in [-0.25, -0.2) is 0 Å². The van der Waals surface area contributed by atoms with E-state index in [1.54, 1.807) is 0 Å². The van der Waals surface area contributed by atoms with Crippen LogP contribution in [0.15, 0.2) is 18.2 Å². The van der Waals surface area contributed by atoms with Crippen LogP contribution in [-0.2, 0) is 11.3 Å². The fourth-order valence-electron chi connectivity index (χ4n) is 2.24. The van der Waals surface area contributed by atoms with Crippen molar-refractivity contribution in [2.24, 2.45) is 11.7 Å². The van der Waals surface area contributed by atoms with Gasteiger partial charge in [-0.15, -0.1) is 0 Å². The third-order valence-corrected chi connectivity index (χ3v) is 3.21. The summed E-state index contributed by atoms with van der Waals surface area (Å²) in [5.41, 5.74) is 8.82. The minimum atomic E-state index is -0.297. The van der Waals surface area contributed by atoms with Crippen molar-refractivity contribution in [1.82, 2.24) is 5.32 Å². The summed E-state index contributed by atoms with van der Waals surface area (Å²) in [6.07, 6.45) is 0. The Morgan fingerprint density at radius 1 is 1.40 bits per heavy atom. The van der Waals surface area contributed by atoms with Crippen LogP contribution in [0.1, 0.15) is 31.9 Å². The zero-order chi connectivity index (χ0) is 15.1. The molecule has 112 valence electrons. The zero-order valence-electron chi connectivity index (χ0n) is 13.1. The van der Waals surface area contributed by atoms with Crippen molar-refractivity contribution in [2.45, 2.75) is 34.2 Å². The number of rotatable bonds is 8. The van der Waals surface area contributed by atoms with Crippen molar-refractivity contribution in [3.05, 3.63) is 29.3 Å². The molecule has 0 unspecified atom stereocenters. The molecule has 1 aromatic carbocycles. The first kappa shape index (κ1) is 16.5. The Labute approximate surface area is 122 Å². The predicted octanol–water partition coefficient (Wildman–Crippen LogP) is 2.05. The lowest BCUT2D eigenvalue weighted by atomic mass is 10.1. The molecule has 0 aliphatic heterocycles. The SMILES string of the molecule is CCN(CC(N)=O)c1ccc(CNCC(C)C)cc1C. The van der Waals surface area contributed by atoms with Gasteiger partial charge in [-0.1, -0.05) is 26.0 Å². The highest BCUT2D eigenvalue weighted by Crippen LogP contribution is 2.21. The molecule has 4 nitrogen and oxygen atoms in total. The number of carbonyl (C=O) groups is 1. The van der Waals surface area contributed by atoms with Gasteiger partial charge in [-0.05, 0) is 43.5 Å². The molecule has 1 amide bonds. The van der Waals surface area contributed by atoms with Gasteiger partial charge in [0, 0.05) is 18.8 Å². The molecule has 1 rings (SSSR count). The van der Waals surface area contributed by atoms with E-state index < -0.39 is 0 Å². The summed E-state index contributed by atoms with van der Waals surface area (Å²) in [5, 5.41) is 3.44. The average molecular weight is 277 g/mol. The minimum Gasteiger partial charge on any atom is -0.368 e. The van der Waals surface area contributed by atoms with Crippen molar-refractivity contribution in [3.63, 3.8) is 0 Å². The van der Waals surface area contributed by atoms with Gasteiger partial charge in [0.05, 0.1) is 6.54 Å². The van der Waals surface area contributed by atoms with E-state index >= 15 is 0 Å². The van der Waals surface area contributed by atoms with Crippen LogP contribution in [0.2, 0.25) is 0 Å². The molecule has 0 atom stereocenters. The fraction of sp³-hybridized carbons (Fsp3) is 0.562. The Kier molecular flexibility index (Phi) is 6.52. The molecule has 3 N–H and O–H groups in total. The third-order valence-electron chi connectivity index (χ3n) is 3.21. The maximum atomic E-state index is 11.1. The number of anilines is 1. The lowest BCUT2D eigenvalue weighted by Crippen LogP contribution is -2.34. The van der Waals surface area contributed by atoms with Crippen LogP contribution < -0.4 is 16.0 Å². The van der Waals surface area contributed by atoms with Crippen LogP contribution in [0.4, 0.5) is 5.69 Å². The second-order valence-electron chi connectivity index (χ2n) is 5.63. The summed E-state index contributed by atoms with van der Waals surface area (Å²) in [5.74, 6) is 0.357. The fourth-order valence-corrected chi connectivity index (χ4v) is 2.24. The highest BCUT2D eigenvalue weighted by Gasteiger charge is 2.10. The van der Waals surface area contributed by atoms with E-state index in [0.29, 0.717) is 5.92 Å². The molecule has 0 radical (unpaired) electrons. The van der Waals surface area contributed by atoms with Crippen molar-refractivity contribution >= 4 is 11.6 Å². The zero-order valence-corrected chi connectivity index (χ0v) is 13.1. The van der Waals surface area contributed by atoms with Gasteiger partial charge in [-0.3, -0.25) is 4.79 Å². The summed E-state index contributed by atoms with van der Waals surface area (Å²) >= 11 is 0. The largest absolute Gasteiger partial charge is 0.368 e. The molecule has 20 heavy (non-hydrogen) atoms. The topological polar surface area (TPSA) is 58.4 Å². The summed E-state index contributed by atoms with van der Waals surface area (Å²) in [6, 6.07) is 6.36. The van der Waals surface area contributed by atoms with Gasteiger partial charge < -0.3 is 16.0 Å². The van der Waals surface area contributed by atoms with Gasteiger partial charge in [-0.2, -0.15) is 0 Å². The molecule has 0 heterocycles. The lowest BCUT2D eigenvalue weighted by molar-refractivity contribution is -0.116. The molecule has 0 aliphatic carbocycles. The molecule has 0 saturated carbocycles. The number of benzene rings is 1. The number of nitrogens with zero attached hydrogens (tertiary/aromatic N) is 1. The quantitative estimate of drug-likeness (QED) is 0.764. The molecule has 0 bridgehead atoms. The second-order valence-corrected chi connectivity index (χ2v) is 5.63. The smallest absolute Gasteiger partial charge is 0.236 e. The highest BCUT2D eigenvalue weighted by molar-refractivity contribution is 5.79. The van der Waals surface area contributed by atoms with Crippen LogP contribution in [0, 0.1) is 12.8 Å². The van der Waals surface area contributed by atoms with Gasteiger partial charge >= 0.3 is 0 Å². The molecule has 0 aromatic heterocycles. The first-order valence-electron chi connectivity index (χ1n) is 7.27. The number of nitrogens with one attached hydrogen (secondary N) is 1. The van der Waals surface area contributed by atoms with Gasteiger partial charge in [0.1, 0.15) is 0 Å². The Balaban J connectivity index is 2.73. The highest BCUT2D eigenvalue weighted by atomic mass is 16.1. The number of hydrogen-bond acceptors (Lipinski definition) is 3. The van der Waals surface area contributed by atoms with Gasteiger partial charge in [0.15, 0.2) is 0 Å². The van der Waals surface area contributed by atoms with Crippen molar-refractivity contribution < 1.29 is 4.79 Å². The van der Waals surface area contributed by atoms with E-state index in [2.05, 4.69) is 44.3 Å². The number of carbonyl (C=O) groups excluding carboxylic acids is 1. The minimum absolute atomic E-state index is 0.266. The molecular formula is C16H27N3O. The summed E-state index contributed by atoms with van der Waals surface area (Å²) in [6.45, 7) is 11.4. The predicted molar refractivity (Wildman–Crippen MR) is 84.8 cm³/mol. The number of primary amides is 1. The van der Waals surface area contributed by atoms with E-state index in [9.17, 15) is 4.79 Å². The summed E-state index contributed by atoms with van der Waals surface area (Å²) < 4.78 is 0. The van der Waals surface area contributed by atoms with E-state index in [-0.39, 0.29) is 12.5 Å². The van der Waals surface area contributed by atoms with Crippen molar-refractivity contribution in [2.75, 3.05) is 24.5 Å². The van der Waals surface area contributed by atoms with E-state index in [1.165, 1.54) is 11.1 Å². The van der Waals surface area contributed by atoms with E-state index in [4.69, 9.17) is 5.73 Å². The Hall–Kier alpha value is -1.55. The molecule has 0 saturated heterocycles. The lowest BCUT2D eigenvalue weighted by Gasteiger charge is -2.24. The molecule has 0 spiro atoms. The van der Waals surface area contributed by atoms with Crippen LogP contribution in [0.3, 0.4) is 0 Å². The molecule has 4 heteroatoms. The Bertz CT molecular complexity index is 443. The van der Waals surface area contributed by atoms with Gasteiger partial charge in [0.25, 0.3) is 0 Å². The summed E-state index contributed by atoms with van der Waals surface area (Å²) in [4.78, 5) is 13.1.